The van der Waals surface area contributed by atoms with Crippen LogP contribution in [0.5, 0.6) is 0 Å². The van der Waals surface area contributed by atoms with Gasteiger partial charge in [0.15, 0.2) is 0 Å². The molecule has 2 rings (SSSR count). The minimum absolute atomic E-state index is 0.118. The summed E-state index contributed by atoms with van der Waals surface area (Å²) in [6.07, 6.45) is 0. The summed E-state index contributed by atoms with van der Waals surface area (Å²) < 4.78 is 1.41. The monoisotopic (exact) mass is 276 g/mol. The van der Waals surface area contributed by atoms with Gasteiger partial charge in [-0.25, -0.2) is 0 Å². The summed E-state index contributed by atoms with van der Waals surface area (Å²) in [5.74, 6) is 0. The quantitative estimate of drug-likeness (QED) is 0.785. The standard InChI is InChI=1S/C14H12OSe/c1-11-7-5-6-10-13(11)16-14(15)12-8-3-2-4-9-12/h2-10H,1H3. The molecule has 2 heteroatoms. The number of hydrogen-bond donors (Lipinski definition) is 0. The number of carbonyl (C=O) groups is 1. The minimum atomic E-state index is -0.118. The van der Waals surface area contributed by atoms with Crippen molar-refractivity contribution in [2.75, 3.05) is 0 Å². The molecule has 0 heterocycles. The van der Waals surface area contributed by atoms with Crippen LogP contribution in [-0.2, 0) is 0 Å². The number of aryl methyl sites for hydroxylation is 1. The molecule has 0 fully saturated rings. The van der Waals surface area contributed by atoms with E-state index in [1.165, 1.54) is 10.0 Å². The zero-order chi connectivity index (χ0) is 11.4. The van der Waals surface area contributed by atoms with Crippen molar-refractivity contribution in [3.8, 4) is 0 Å². The van der Waals surface area contributed by atoms with Gasteiger partial charge in [0, 0.05) is 0 Å². The van der Waals surface area contributed by atoms with E-state index in [0.29, 0.717) is 0 Å². The maximum atomic E-state index is 12.0. The number of rotatable bonds is 3. The van der Waals surface area contributed by atoms with E-state index in [2.05, 4.69) is 13.0 Å². The predicted molar refractivity (Wildman–Crippen MR) is 67.3 cm³/mol. The fourth-order valence-electron chi connectivity index (χ4n) is 1.40. The SMILES string of the molecule is Cc1ccccc1[Se]C(=O)c1ccccc1. The summed E-state index contributed by atoms with van der Waals surface area (Å²) >= 11 is -0.118. The van der Waals surface area contributed by atoms with Gasteiger partial charge in [0.25, 0.3) is 0 Å². The van der Waals surface area contributed by atoms with Gasteiger partial charge >= 0.3 is 102 Å². The molecule has 0 spiro atoms. The van der Waals surface area contributed by atoms with Crippen molar-refractivity contribution in [3.63, 3.8) is 0 Å². The molecule has 0 amide bonds. The Morgan fingerprint density at radius 3 is 2.25 bits per heavy atom. The van der Waals surface area contributed by atoms with Gasteiger partial charge in [-0.1, -0.05) is 0 Å². The molecule has 0 aliphatic heterocycles. The molecule has 2 aromatic rings. The number of hydrogen-bond acceptors (Lipinski definition) is 1. The summed E-state index contributed by atoms with van der Waals surface area (Å²) in [4.78, 5) is 12.0. The Balaban J connectivity index is 2.18. The van der Waals surface area contributed by atoms with E-state index in [1.54, 1.807) is 0 Å². The molecule has 2 aromatic carbocycles. The van der Waals surface area contributed by atoms with E-state index in [0.717, 1.165) is 5.56 Å². The second-order valence-corrected chi connectivity index (χ2v) is 5.65. The molecule has 0 aliphatic rings. The average Bonchev–Trinajstić information content (AvgIpc) is 2.33. The molecule has 0 atom stereocenters. The Labute approximate surface area is 102 Å². The first kappa shape index (κ1) is 11.1. The fourth-order valence-corrected chi connectivity index (χ4v) is 3.14. The van der Waals surface area contributed by atoms with E-state index < -0.39 is 0 Å². The van der Waals surface area contributed by atoms with Crippen molar-refractivity contribution in [2.24, 2.45) is 0 Å². The normalized spacial score (nSPS) is 10.1. The third-order valence-electron chi connectivity index (χ3n) is 2.31. The number of benzene rings is 2. The van der Waals surface area contributed by atoms with Gasteiger partial charge < -0.3 is 0 Å². The van der Waals surface area contributed by atoms with Crippen LogP contribution in [0.1, 0.15) is 15.9 Å². The molecule has 0 bridgehead atoms. The summed E-state index contributed by atoms with van der Waals surface area (Å²) in [7, 11) is 0. The Kier molecular flexibility index (Phi) is 3.55. The Morgan fingerprint density at radius 2 is 1.56 bits per heavy atom. The summed E-state index contributed by atoms with van der Waals surface area (Å²) in [5, 5.41) is 0. The average molecular weight is 275 g/mol. The first-order valence-corrected chi connectivity index (χ1v) is 6.81. The molecule has 80 valence electrons. The Hall–Kier alpha value is -1.37. The van der Waals surface area contributed by atoms with Crippen LogP contribution in [0, 0.1) is 6.92 Å². The van der Waals surface area contributed by atoms with E-state index in [4.69, 9.17) is 0 Å². The molecule has 0 aliphatic carbocycles. The van der Waals surface area contributed by atoms with Crippen molar-refractivity contribution in [1.82, 2.24) is 0 Å². The fraction of sp³-hybridized carbons (Fsp3) is 0.0714. The molecule has 0 radical (unpaired) electrons. The predicted octanol–water partition coefficient (Wildman–Crippen LogP) is 2.16. The molecule has 1 nitrogen and oxygen atoms in total. The van der Waals surface area contributed by atoms with Crippen LogP contribution in [0.15, 0.2) is 54.6 Å². The molecule has 0 saturated carbocycles. The van der Waals surface area contributed by atoms with Crippen molar-refractivity contribution in [2.45, 2.75) is 6.92 Å². The summed E-state index contributed by atoms with van der Waals surface area (Å²) in [6, 6.07) is 17.6. The van der Waals surface area contributed by atoms with Gasteiger partial charge in [-0.05, 0) is 0 Å². The van der Waals surface area contributed by atoms with Crippen LogP contribution in [0.4, 0.5) is 0 Å². The van der Waals surface area contributed by atoms with E-state index in [1.807, 2.05) is 48.5 Å². The van der Waals surface area contributed by atoms with Gasteiger partial charge in [0.05, 0.1) is 0 Å². The van der Waals surface area contributed by atoms with Gasteiger partial charge in [-0.15, -0.1) is 0 Å². The van der Waals surface area contributed by atoms with Gasteiger partial charge in [-0.3, -0.25) is 0 Å². The molecule has 16 heavy (non-hydrogen) atoms. The van der Waals surface area contributed by atoms with Gasteiger partial charge in [0.1, 0.15) is 0 Å². The van der Waals surface area contributed by atoms with Crippen molar-refractivity contribution in [3.05, 3.63) is 65.7 Å². The maximum absolute atomic E-state index is 12.0. The summed E-state index contributed by atoms with van der Waals surface area (Å²) in [5.41, 5.74) is 2.01. The first-order chi connectivity index (χ1) is 7.77. The van der Waals surface area contributed by atoms with Crippen LogP contribution >= 0.6 is 0 Å². The zero-order valence-electron chi connectivity index (χ0n) is 9.01. The van der Waals surface area contributed by atoms with Crippen LogP contribution in [0.25, 0.3) is 0 Å². The summed E-state index contributed by atoms with van der Waals surface area (Å²) in [6.45, 7) is 2.05. The third kappa shape index (κ3) is 2.60. The van der Waals surface area contributed by atoms with Crippen LogP contribution in [0.2, 0.25) is 0 Å². The zero-order valence-corrected chi connectivity index (χ0v) is 10.7. The van der Waals surface area contributed by atoms with E-state index >= 15 is 0 Å². The van der Waals surface area contributed by atoms with Crippen LogP contribution in [0.3, 0.4) is 0 Å². The van der Waals surface area contributed by atoms with Crippen LogP contribution in [-0.4, -0.2) is 19.6 Å². The molecule has 0 N–H and O–H groups in total. The molecule has 0 unspecified atom stereocenters. The van der Waals surface area contributed by atoms with Gasteiger partial charge in [0.2, 0.25) is 0 Å². The Bertz CT molecular complexity index is 491. The van der Waals surface area contributed by atoms with E-state index in [9.17, 15) is 4.79 Å². The van der Waals surface area contributed by atoms with Crippen LogP contribution < -0.4 is 4.46 Å². The molecular formula is C14H12OSe. The second kappa shape index (κ2) is 5.11. The van der Waals surface area contributed by atoms with E-state index in [-0.39, 0.29) is 19.6 Å². The molecular weight excluding hydrogens is 263 g/mol. The third-order valence-corrected chi connectivity index (χ3v) is 4.61. The molecule has 0 saturated heterocycles. The van der Waals surface area contributed by atoms with Crippen molar-refractivity contribution < 1.29 is 4.79 Å². The topological polar surface area (TPSA) is 17.1 Å². The molecule has 0 aromatic heterocycles. The Morgan fingerprint density at radius 1 is 0.938 bits per heavy atom. The first-order valence-electron chi connectivity index (χ1n) is 5.10. The second-order valence-electron chi connectivity index (χ2n) is 3.52. The number of carbonyl (C=O) groups excluding carboxylic acids is 1. The van der Waals surface area contributed by atoms with Crippen molar-refractivity contribution >= 4 is 24.1 Å². The van der Waals surface area contributed by atoms with Crippen molar-refractivity contribution in [1.29, 1.82) is 0 Å². The van der Waals surface area contributed by atoms with Gasteiger partial charge in [-0.2, -0.15) is 0 Å².